The zero-order valence-corrected chi connectivity index (χ0v) is 11.8. The Labute approximate surface area is 116 Å². The third-order valence-electron chi connectivity index (χ3n) is 2.50. The summed E-state index contributed by atoms with van der Waals surface area (Å²) in [6, 6.07) is 10.6. The van der Waals surface area contributed by atoms with Gasteiger partial charge in [-0.05, 0) is 53.1 Å². The molecule has 0 aliphatic rings. The molecule has 0 atom stereocenters. The highest BCUT2D eigenvalue weighted by atomic mass is 32.2. The zero-order valence-electron chi connectivity index (χ0n) is 10.1. The predicted octanol–water partition coefficient (Wildman–Crippen LogP) is 3.83. The first-order chi connectivity index (χ1) is 8.88. The van der Waals surface area contributed by atoms with Crippen LogP contribution >= 0.6 is 23.1 Å². The monoisotopic (exact) mass is 279 g/mol. The third kappa shape index (κ3) is 4.37. The minimum absolute atomic E-state index is 0.271. The first kappa shape index (κ1) is 13.5. The summed E-state index contributed by atoms with van der Waals surface area (Å²) in [6.07, 6.45) is 0.850. The molecule has 0 saturated heterocycles. The number of thioether (sulfide) groups is 1. The van der Waals surface area contributed by atoms with Gasteiger partial charge in [0.2, 0.25) is 0 Å². The molecule has 0 unspecified atom stereocenters. The highest BCUT2D eigenvalue weighted by Crippen LogP contribution is 2.21. The summed E-state index contributed by atoms with van der Waals surface area (Å²) in [5, 5.41) is 16.4. The van der Waals surface area contributed by atoms with E-state index in [4.69, 9.17) is 5.11 Å². The molecule has 1 aromatic heterocycles. The second-order valence-corrected chi connectivity index (χ2v) is 5.88. The zero-order chi connectivity index (χ0) is 12.6. The molecule has 1 heterocycles. The number of rotatable bonds is 7. The average molecular weight is 279 g/mol. The fourth-order valence-corrected chi connectivity index (χ4v) is 3.03. The Morgan fingerprint density at radius 2 is 2.00 bits per heavy atom. The van der Waals surface area contributed by atoms with Crippen LogP contribution < -0.4 is 5.32 Å². The fourth-order valence-electron chi connectivity index (χ4n) is 1.52. The molecule has 0 saturated carbocycles. The highest BCUT2D eigenvalue weighted by Gasteiger charge is 1.96. The molecular formula is C14H17NOS2. The molecule has 96 valence electrons. The van der Waals surface area contributed by atoms with Crippen molar-refractivity contribution in [3.63, 3.8) is 0 Å². The summed E-state index contributed by atoms with van der Waals surface area (Å²) >= 11 is 3.51. The summed E-state index contributed by atoms with van der Waals surface area (Å²) in [7, 11) is 0. The maximum absolute atomic E-state index is 8.73. The third-order valence-corrected chi connectivity index (χ3v) is 4.33. The largest absolute Gasteiger partial charge is 0.396 e. The van der Waals surface area contributed by atoms with Gasteiger partial charge in [-0.1, -0.05) is 0 Å². The maximum Gasteiger partial charge on any atom is 0.0439 e. The number of benzene rings is 1. The van der Waals surface area contributed by atoms with Crippen LogP contribution in [0.4, 0.5) is 5.69 Å². The Morgan fingerprint density at radius 3 is 2.67 bits per heavy atom. The molecule has 2 aromatic rings. The Morgan fingerprint density at radius 1 is 1.17 bits per heavy atom. The molecule has 0 bridgehead atoms. The molecule has 0 aliphatic carbocycles. The van der Waals surface area contributed by atoms with E-state index in [9.17, 15) is 0 Å². The maximum atomic E-state index is 8.73. The van der Waals surface area contributed by atoms with Crippen LogP contribution in [0, 0.1) is 0 Å². The molecule has 2 rings (SSSR count). The van der Waals surface area contributed by atoms with E-state index in [0.29, 0.717) is 0 Å². The molecule has 1 aromatic carbocycles. The van der Waals surface area contributed by atoms with E-state index < -0.39 is 0 Å². The van der Waals surface area contributed by atoms with Gasteiger partial charge in [0, 0.05) is 29.5 Å². The summed E-state index contributed by atoms with van der Waals surface area (Å²) in [4.78, 5) is 1.25. The van der Waals surface area contributed by atoms with E-state index in [2.05, 4.69) is 46.4 Å². The Balaban J connectivity index is 1.80. The predicted molar refractivity (Wildman–Crippen MR) is 80.5 cm³/mol. The van der Waals surface area contributed by atoms with Crippen molar-refractivity contribution in [2.45, 2.75) is 17.9 Å². The number of thiophene rings is 1. The second kappa shape index (κ2) is 7.46. The van der Waals surface area contributed by atoms with Crippen molar-refractivity contribution < 1.29 is 5.11 Å². The molecule has 0 amide bonds. The van der Waals surface area contributed by atoms with Crippen molar-refractivity contribution in [1.29, 1.82) is 0 Å². The van der Waals surface area contributed by atoms with Crippen LogP contribution in [0.2, 0.25) is 0 Å². The second-order valence-electron chi connectivity index (χ2n) is 3.94. The molecule has 0 spiro atoms. The van der Waals surface area contributed by atoms with Gasteiger partial charge in [-0.2, -0.15) is 11.3 Å². The number of aliphatic hydroxyl groups excluding tert-OH is 1. The van der Waals surface area contributed by atoms with Crippen LogP contribution in [0.25, 0.3) is 0 Å². The fraction of sp³-hybridized carbons (Fsp3) is 0.286. The molecule has 4 heteroatoms. The van der Waals surface area contributed by atoms with Crippen molar-refractivity contribution in [2.24, 2.45) is 0 Å². The lowest BCUT2D eigenvalue weighted by molar-refractivity contribution is 0.296. The van der Waals surface area contributed by atoms with Crippen LogP contribution in [0.1, 0.15) is 12.0 Å². The number of anilines is 1. The Hall–Kier alpha value is -0.970. The van der Waals surface area contributed by atoms with E-state index in [1.807, 2.05) is 0 Å². The van der Waals surface area contributed by atoms with Crippen LogP contribution in [0.5, 0.6) is 0 Å². The number of nitrogens with one attached hydrogen (secondary N) is 1. The highest BCUT2D eigenvalue weighted by molar-refractivity contribution is 7.99. The van der Waals surface area contributed by atoms with Gasteiger partial charge in [0.15, 0.2) is 0 Å². The van der Waals surface area contributed by atoms with Crippen molar-refractivity contribution in [3.05, 3.63) is 46.7 Å². The first-order valence-corrected chi connectivity index (χ1v) is 7.90. The van der Waals surface area contributed by atoms with Crippen molar-refractivity contribution in [3.8, 4) is 0 Å². The Bertz CT molecular complexity index is 439. The molecule has 0 aliphatic heterocycles. The minimum atomic E-state index is 0.271. The quantitative estimate of drug-likeness (QED) is 0.597. The Kier molecular flexibility index (Phi) is 5.58. The molecule has 18 heavy (non-hydrogen) atoms. The first-order valence-electron chi connectivity index (χ1n) is 5.97. The summed E-state index contributed by atoms with van der Waals surface area (Å²) < 4.78 is 0. The lowest BCUT2D eigenvalue weighted by Gasteiger charge is -2.06. The van der Waals surface area contributed by atoms with Gasteiger partial charge in [-0.25, -0.2) is 0 Å². The van der Waals surface area contributed by atoms with E-state index >= 15 is 0 Å². The van der Waals surface area contributed by atoms with E-state index in [0.717, 1.165) is 24.4 Å². The van der Waals surface area contributed by atoms with Crippen LogP contribution in [0.3, 0.4) is 0 Å². The lowest BCUT2D eigenvalue weighted by Crippen LogP contribution is -1.97. The summed E-state index contributed by atoms with van der Waals surface area (Å²) in [6.45, 7) is 1.15. The lowest BCUT2D eigenvalue weighted by atomic mass is 10.3. The number of aliphatic hydroxyl groups is 1. The van der Waals surface area contributed by atoms with Gasteiger partial charge in [0.05, 0.1) is 0 Å². The standard InChI is InChI=1S/C14H17NOS2/c16-7-1-8-18-14-4-2-13(3-5-14)15-10-12-6-9-17-11-12/h2-6,9,11,15-16H,1,7-8,10H2. The minimum Gasteiger partial charge on any atom is -0.396 e. The van der Waals surface area contributed by atoms with Gasteiger partial charge < -0.3 is 10.4 Å². The molecule has 2 nitrogen and oxygen atoms in total. The molecular weight excluding hydrogens is 262 g/mol. The molecule has 2 N–H and O–H groups in total. The van der Waals surface area contributed by atoms with Gasteiger partial charge >= 0.3 is 0 Å². The smallest absolute Gasteiger partial charge is 0.0439 e. The van der Waals surface area contributed by atoms with E-state index in [1.165, 1.54) is 10.5 Å². The topological polar surface area (TPSA) is 32.3 Å². The molecule has 0 radical (unpaired) electrons. The summed E-state index contributed by atoms with van der Waals surface area (Å²) in [5.41, 5.74) is 2.47. The summed E-state index contributed by atoms with van der Waals surface area (Å²) in [5.74, 6) is 0.970. The van der Waals surface area contributed by atoms with E-state index in [-0.39, 0.29) is 6.61 Å². The van der Waals surface area contributed by atoms with E-state index in [1.54, 1.807) is 23.1 Å². The van der Waals surface area contributed by atoms with Crippen molar-refractivity contribution in [1.82, 2.24) is 0 Å². The van der Waals surface area contributed by atoms with Crippen LogP contribution in [0.15, 0.2) is 46.0 Å². The number of hydrogen-bond acceptors (Lipinski definition) is 4. The van der Waals surface area contributed by atoms with Crippen LogP contribution in [-0.2, 0) is 6.54 Å². The van der Waals surface area contributed by atoms with Gasteiger partial charge in [-0.15, -0.1) is 11.8 Å². The normalized spacial score (nSPS) is 10.5. The molecule has 0 fully saturated rings. The van der Waals surface area contributed by atoms with Crippen LogP contribution in [-0.4, -0.2) is 17.5 Å². The van der Waals surface area contributed by atoms with Crippen molar-refractivity contribution >= 4 is 28.8 Å². The van der Waals surface area contributed by atoms with Gasteiger partial charge in [-0.3, -0.25) is 0 Å². The van der Waals surface area contributed by atoms with Gasteiger partial charge in [0.1, 0.15) is 0 Å². The average Bonchev–Trinajstić information content (AvgIpc) is 2.91. The van der Waals surface area contributed by atoms with Gasteiger partial charge in [0.25, 0.3) is 0 Å². The number of hydrogen-bond donors (Lipinski definition) is 2. The SMILES string of the molecule is OCCCSc1ccc(NCc2ccsc2)cc1. The van der Waals surface area contributed by atoms with Crippen molar-refractivity contribution in [2.75, 3.05) is 17.7 Å².